The topological polar surface area (TPSA) is 156 Å². The molecule has 14 heteroatoms. The van der Waals surface area contributed by atoms with Gasteiger partial charge in [0.05, 0.1) is 25.8 Å². The normalized spacial score (nSPS) is 11.5. The molecule has 1 aromatic heterocycles. The van der Waals surface area contributed by atoms with E-state index >= 15 is 0 Å². The molecule has 0 bridgehead atoms. The van der Waals surface area contributed by atoms with Crippen molar-refractivity contribution in [2.45, 2.75) is 39.2 Å². The van der Waals surface area contributed by atoms with Gasteiger partial charge in [-0.2, -0.15) is 0 Å². The molecular weight excluding hydrogens is 590 g/mol. The van der Waals surface area contributed by atoms with Crippen molar-refractivity contribution in [1.29, 1.82) is 0 Å². The number of fused-ring (bicyclic) bond motifs is 1. The summed E-state index contributed by atoms with van der Waals surface area (Å²) in [5.74, 6) is -1.02. The lowest BCUT2D eigenvalue weighted by molar-refractivity contribution is -0.757. The second-order valence-electron chi connectivity index (χ2n) is 9.14. The summed E-state index contributed by atoms with van der Waals surface area (Å²) in [6.07, 6.45) is 0.559. The predicted octanol–water partition coefficient (Wildman–Crippen LogP) is 4.14. The Morgan fingerprint density at radius 1 is 1.10 bits per heavy atom. The van der Waals surface area contributed by atoms with Crippen molar-refractivity contribution in [3.05, 3.63) is 74.4 Å². The number of nitrogens with zero attached hydrogens (tertiary/aromatic N) is 2. The average Bonchev–Trinajstić information content (AvgIpc) is 3.22. The summed E-state index contributed by atoms with van der Waals surface area (Å²) in [6, 6.07) is 10.7. The van der Waals surface area contributed by atoms with Crippen molar-refractivity contribution in [1.82, 2.24) is 9.88 Å². The molecule has 12 nitrogen and oxygen atoms in total. The van der Waals surface area contributed by atoms with Crippen molar-refractivity contribution in [3.8, 4) is 5.75 Å². The van der Waals surface area contributed by atoms with Gasteiger partial charge < -0.3 is 19.6 Å². The molecule has 224 valence electrons. The fourth-order valence-corrected chi connectivity index (χ4v) is 5.14. The van der Waals surface area contributed by atoms with Gasteiger partial charge in [-0.1, -0.05) is 23.4 Å². The molecule has 0 fully saturated rings. The Hall–Kier alpha value is -4.10. The number of halogens is 1. The van der Waals surface area contributed by atoms with Crippen LogP contribution in [0.1, 0.15) is 41.4 Å². The summed E-state index contributed by atoms with van der Waals surface area (Å²) in [6.45, 7) is 2.83. The van der Waals surface area contributed by atoms with Crippen LogP contribution in [0.5, 0.6) is 5.75 Å². The summed E-state index contributed by atoms with van der Waals surface area (Å²) >= 11 is 6.84. The summed E-state index contributed by atoms with van der Waals surface area (Å²) < 4.78 is 12.1. The van der Waals surface area contributed by atoms with Gasteiger partial charge >= 0.3 is 5.97 Å². The van der Waals surface area contributed by atoms with Gasteiger partial charge in [-0.05, 0) is 67.8 Å². The highest BCUT2D eigenvalue weighted by Gasteiger charge is 2.25. The van der Waals surface area contributed by atoms with Crippen LogP contribution >= 0.6 is 23.4 Å². The number of nitrogens with one attached hydrogen (secondary N) is 1. The van der Waals surface area contributed by atoms with Crippen LogP contribution in [0, 0.1) is 17.0 Å². The van der Waals surface area contributed by atoms with Gasteiger partial charge in [-0.25, -0.2) is 4.79 Å². The first kappa shape index (κ1) is 32.4. The van der Waals surface area contributed by atoms with E-state index in [0.29, 0.717) is 51.3 Å². The van der Waals surface area contributed by atoms with Crippen LogP contribution in [0.15, 0.2) is 42.5 Å². The fraction of sp³-hybridized carbons (Fsp3) is 0.357. The first-order valence-corrected chi connectivity index (χ1v) is 14.2. The summed E-state index contributed by atoms with van der Waals surface area (Å²) in [5, 5.41) is 12.6. The Morgan fingerprint density at radius 2 is 1.79 bits per heavy atom. The molecule has 0 spiro atoms. The lowest BCUT2D eigenvalue weighted by Crippen LogP contribution is -2.43. The molecule has 1 amide bonds. The molecule has 1 unspecified atom stereocenters. The van der Waals surface area contributed by atoms with Crippen LogP contribution in [0.2, 0.25) is 5.02 Å². The molecule has 0 saturated carbocycles. The van der Waals surface area contributed by atoms with Crippen LogP contribution in [0.4, 0.5) is 0 Å². The Balaban J connectivity index is 1.74. The number of esters is 1. The van der Waals surface area contributed by atoms with E-state index in [2.05, 4.69) is 10.2 Å². The second kappa shape index (κ2) is 15.2. The Morgan fingerprint density at radius 3 is 2.43 bits per heavy atom. The number of unbranched alkanes of at least 4 members (excludes halogenated alkanes) is 1. The van der Waals surface area contributed by atoms with Gasteiger partial charge in [0, 0.05) is 40.8 Å². The largest absolute Gasteiger partial charge is 0.497 e. The highest BCUT2D eigenvalue weighted by atomic mass is 35.5. The van der Waals surface area contributed by atoms with Gasteiger partial charge in [-0.3, -0.25) is 19.0 Å². The van der Waals surface area contributed by atoms with E-state index in [0.717, 1.165) is 11.8 Å². The number of ether oxygens (including phenoxy) is 2. The molecule has 1 heterocycles. The van der Waals surface area contributed by atoms with Gasteiger partial charge in [0.15, 0.2) is 5.12 Å². The van der Waals surface area contributed by atoms with Crippen LogP contribution in [-0.4, -0.2) is 64.7 Å². The van der Waals surface area contributed by atoms with E-state index in [1.807, 2.05) is 0 Å². The van der Waals surface area contributed by atoms with Crippen molar-refractivity contribution in [3.63, 3.8) is 0 Å². The number of carbonyl (C=O) groups excluding carboxylic acids is 4. The predicted molar refractivity (Wildman–Crippen MR) is 156 cm³/mol. The number of thioether (sulfide) groups is 1. The molecule has 3 aromatic rings. The van der Waals surface area contributed by atoms with Gasteiger partial charge in [0.2, 0.25) is 5.91 Å². The van der Waals surface area contributed by atoms with Gasteiger partial charge in [0.1, 0.15) is 11.8 Å². The number of hydrogen-bond donors (Lipinski definition) is 1. The van der Waals surface area contributed by atoms with Gasteiger partial charge in [0.25, 0.3) is 11.0 Å². The van der Waals surface area contributed by atoms with E-state index in [-0.39, 0.29) is 36.4 Å². The van der Waals surface area contributed by atoms with Crippen molar-refractivity contribution in [2.24, 2.45) is 0 Å². The molecular formula is C28H30ClN3O9S. The molecule has 0 saturated heterocycles. The number of rotatable bonds is 14. The highest BCUT2D eigenvalue weighted by molar-refractivity contribution is 8.13. The number of hydrogen-bond acceptors (Lipinski definition) is 10. The minimum Gasteiger partial charge on any atom is -0.497 e. The standard InChI is InChI=1S/C28H30ClN3O9S/c1-17-22(15-26(34)42-16-24(30-18(2)33)28(36)40-12-4-5-13-41-32(37)38)23-14-21(39-3)10-11-25(23)31(17)27(35)19-6-8-20(29)9-7-19/h6-11,14,24H,4-5,12-13,15-16H2,1-3H3,(H,30,33). The molecule has 1 atom stereocenters. The first-order valence-electron chi connectivity index (χ1n) is 12.9. The van der Waals surface area contributed by atoms with Crippen LogP contribution in [0.3, 0.4) is 0 Å². The van der Waals surface area contributed by atoms with Crippen molar-refractivity contribution >= 4 is 57.2 Å². The lowest BCUT2D eigenvalue weighted by Gasteiger charge is -2.16. The summed E-state index contributed by atoms with van der Waals surface area (Å²) in [4.78, 5) is 65.3. The Bertz CT molecular complexity index is 1470. The zero-order valence-electron chi connectivity index (χ0n) is 23.2. The summed E-state index contributed by atoms with van der Waals surface area (Å²) in [5.41, 5.74) is 2.22. The maximum Gasteiger partial charge on any atom is 0.329 e. The molecule has 1 N–H and O–H groups in total. The number of carbonyl (C=O) groups is 4. The second-order valence-corrected chi connectivity index (χ2v) is 10.7. The lowest BCUT2D eigenvalue weighted by atomic mass is 10.1. The van der Waals surface area contributed by atoms with E-state index in [1.54, 1.807) is 54.0 Å². The zero-order chi connectivity index (χ0) is 30.8. The van der Waals surface area contributed by atoms with E-state index in [1.165, 1.54) is 14.0 Å². The van der Waals surface area contributed by atoms with E-state index in [4.69, 9.17) is 21.1 Å². The monoisotopic (exact) mass is 619 g/mol. The fourth-order valence-electron chi connectivity index (χ4n) is 4.20. The van der Waals surface area contributed by atoms with Crippen molar-refractivity contribution < 1.29 is 38.6 Å². The molecule has 0 aliphatic carbocycles. The smallest absolute Gasteiger partial charge is 0.329 e. The number of amides is 1. The Labute approximate surface area is 250 Å². The molecule has 0 aliphatic rings. The van der Waals surface area contributed by atoms with Gasteiger partial charge in [-0.15, -0.1) is 10.1 Å². The molecule has 0 radical (unpaired) electrons. The summed E-state index contributed by atoms with van der Waals surface area (Å²) in [7, 11) is 1.52. The molecule has 42 heavy (non-hydrogen) atoms. The minimum atomic E-state index is -1.08. The van der Waals surface area contributed by atoms with Crippen LogP contribution < -0.4 is 10.1 Å². The van der Waals surface area contributed by atoms with E-state index < -0.39 is 23.0 Å². The first-order chi connectivity index (χ1) is 20.0. The number of benzene rings is 2. The third kappa shape index (κ3) is 8.70. The number of aromatic nitrogens is 1. The third-order valence-electron chi connectivity index (χ3n) is 6.21. The third-order valence-corrected chi connectivity index (χ3v) is 7.43. The van der Waals surface area contributed by atoms with Crippen molar-refractivity contribution in [2.75, 3.05) is 26.1 Å². The molecule has 0 aliphatic heterocycles. The average molecular weight is 620 g/mol. The number of methoxy groups -OCH3 is 1. The Kier molecular flexibility index (Phi) is 11.7. The van der Waals surface area contributed by atoms with Crippen LogP contribution in [-0.2, 0) is 30.4 Å². The molecule has 3 rings (SSSR count). The minimum absolute atomic E-state index is 0.0310. The maximum atomic E-state index is 13.5. The van der Waals surface area contributed by atoms with E-state index in [9.17, 15) is 29.3 Å². The maximum absolute atomic E-state index is 13.5. The highest BCUT2D eigenvalue weighted by Crippen LogP contribution is 2.31. The van der Waals surface area contributed by atoms with Crippen LogP contribution in [0.25, 0.3) is 10.9 Å². The quantitative estimate of drug-likeness (QED) is 0.120. The molecule has 2 aromatic carbocycles. The zero-order valence-corrected chi connectivity index (χ0v) is 24.8. The SMILES string of the molecule is COc1ccc2c(c1)c(CC(=O)SCC(NC(C)=O)C(=O)OCCCCO[N+](=O)[O-])c(C)n2C(=O)c1ccc(Cl)cc1.